The minimum absolute atomic E-state index is 0.0471. The normalized spacial score (nSPS) is 19.9. The molecule has 0 N–H and O–H groups in total. The fraction of sp³-hybridized carbons (Fsp3) is 0.263. The molecule has 1 spiro atoms. The number of nitro benzene ring substituents is 1. The van der Waals surface area contributed by atoms with Gasteiger partial charge in [0.05, 0.1) is 0 Å². The molecule has 0 aliphatic carbocycles. The van der Waals surface area contributed by atoms with Gasteiger partial charge < -0.3 is 0 Å². The van der Waals surface area contributed by atoms with Gasteiger partial charge in [0.1, 0.15) is 0 Å². The van der Waals surface area contributed by atoms with Crippen molar-refractivity contribution < 1.29 is 9.66 Å². The van der Waals surface area contributed by atoms with Crippen molar-refractivity contribution in [1.29, 1.82) is 0 Å². The number of hydrogen-bond donors (Lipinski definition) is 0. The van der Waals surface area contributed by atoms with Gasteiger partial charge in [-0.3, -0.25) is 0 Å². The van der Waals surface area contributed by atoms with Crippen LogP contribution in [0.2, 0.25) is 0 Å². The van der Waals surface area contributed by atoms with Gasteiger partial charge in [0.15, 0.2) is 0 Å². The molecule has 1 atom stereocenters. The molecule has 1 unspecified atom stereocenters. The summed E-state index contributed by atoms with van der Waals surface area (Å²) in [6.45, 7) is 2.12. The predicted octanol–water partition coefficient (Wildman–Crippen LogP) is 2.51. The van der Waals surface area contributed by atoms with Crippen LogP contribution in [0.4, 0.5) is 17.1 Å². The van der Waals surface area contributed by atoms with Crippen LogP contribution in [0.25, 0.3) is 6.08 Å². The van der Waals surface area contributed by atoms with Crippen LogP contribution in [-0.4, -0.2) is 45.6 Å². The average molecular weight is 416 g/mol. The summed E-state index contributed by atoms with van der Waals surface area (Å²) in [6, 6.07) is 9.21. The van der Waals surface area contributed by atoms with E-state index < -0.39 is 4.62 Å². The third-order valence-corrected chi connectivity index (χ3v) is 7.57. The molecule has 2 aromatic rings. The zero-order chi connectivity index (χ0) is 18.6. The van der Waals surface area contributed by atoms with Crippen LogP contribution < -0.4 is 19.0 Å². The molecule has 0 bridgehead atoms. The Hall–Kier alpha value is -2.50. The van der Waals surface area contributed by atoms with Crippen molar-refractivity contribution in [2.45, 2.75) is 11.5 Å². The predicted molar refractivity (Wildman–Crippen MR) is 105 cm³/mol. The van der Waals surface area contributed by atoms with E-state index in [-0.39, 0.29) is 25.6 Å². The molecule has 0 fully saturated rings. The number of rotatable bonds is 2. The first-order valence-corrected chi connectivity index (χ1v) is 9.93. The van der Waals surface area contributed by atoms with Gasteiger partial charge in [-0.25, -0.2) is 0 Å². The Labute approximate surface area is 158 Å². The molecular formula is C19H19N3O3Se. The first-order valence-electron chi connectivity index (χ1n) is 8.22. The van der Waals surface area contributed by atoms with Crippen LogP contribution in [0.15, 0.2) is 36.4 Å². The second kappa shape index (κ2) is 5.76. The van der Waals surface area contributed by atoms with Gasteiger partial charge in [-0.15, -0.1) is 0 Å². The molecular weight excluding hydrogens is 397 g/mol. The van der Waals surface area contributed by atoms with Crippen molar-refractivity contribution in [1.82, 2.24) is 0 Å². The number of hydrogen-bond acceptors (Lipinski definition) is 5. The van der Waals surface area contributed by atoms with Gasteiger partial charge in [0, 0.05) is 0 Å². The number of aryl methyl sites for hydroxylation is 1. The topological polar surface area (TPSA) is 58.9 Å². The summed E-state index contributed by atoms with van der Waals surface area (Å²) in [5.41, 5.74) is 4.45. The summed E-state index contributed by atoms with van der Waals surface area (Å²) >= 11 is 0.0471. The fourth-order valence-corrected chi connectivity index (χ4v) is 6.08. The molecule has 0 aromatic heterocycles. The maximum absolute atomic E-state index is 11.0. The van der Waals surface area contributed by atoms with E-state index in [1.54, 1.807) is 12.1 Å². The van der Waals surface area contributed by atoms with Gasteiger partial charge in [-0.1, -0.05) is 0 Å². The Kier molecular flexibility index (Phi) is 3.75. The molecule has 7 heteroatoms. The molecule has 2 heterocycles. The molecule has 0 saturated carbocycles. The first kappa shape index (κ1) is 16.9. The summed E-state index contributed by atoms with van der Waals surface area (Å²) in [5, 5.41) is 11.0. The average Bonchev–Trinajstić information content (AvgIpc) is 2.85. The third kappa shape index (κ3) is 2.47. The van der Waals surface area contributed by atoms with Crippen molar-refractivity contribution in [3.05, 3.63) is 57.6 Å². The number of nitro groups is 1. The summed E-state index contributed by atoms with van der Waals surface area (Å²) in [5.74, 6) is 0.684. The van der Waals surface area contributed by atoms with E-state index in [1.807, 2.05) is 19.2 Å². The first-order chi connectivity index (χ1) is 12.3. The number of nitrogens with zero attached hydrogens (tertiary/aromatic N) is 3. The SMILES string of the molecule is Cc1cc2c(cc1N(C)C)[Se]C1(C=Cc3cc([N+](=O)[O-])ccc3O1)N2C. The van der Waals surface area contributed by atoms with Gasteiger partial charge >= 0.3 is 158 Å². The monoisotopic (exact) mass is 417 g/mol. The van der Waals surface area contributed by atoms with Crippen LogP contribution in [-0.2, 0) is 0 Å². The van der Waals surface area contributed by atoms with Crippen LogP contribution in [0.1, 0.15) is 11.1 Å². The maximum atomic E-state index is 11.0. The summed E-state index contributed by atoms with van der Waals surface area (Å²) in [6.07, 6.45) is 3.97. The van der Waals surface area contributed by atoms with Crippen LogP contribution in [0.3, 0.4) is 0 Å². The van der Waals surface area contributed by atoms with Crippen molar-refractivity contribution in [2.75, 3.05) is 30.9 Å². The Morgan fingerprint density at radius 2 is 2.04 bits per heavy atom. The zero-order valence-corrected chi connectivity index (χ0v) is 16.7. The molecule has 2 aliphatic heterocycles. The molecule has 2 aromatic carbocycles. The molecule has 0 amide bonds. The van der Waals surface area contributed by atoms with Crippen molar-refractivity contribution in [3.8, 4) is 5.75 Å². The second-order valence-corrected chi connectivity index (χ2v) is 9.29. The van der Waals surface area contributed by atoms with Gasteiger partial charge in [-0.2, -0.15) is 0 Å². The van der Waals surface area contributed by atoms with Gasteiger partial charge in [0.2, 0.25) is 0 Å². The molecule has 0 radical (unpaired) electrons. The van der Waals surface area contributed by atoms with E-state index in [9.17, 15) is 10.1 Å². The van der Waals surface area contributed by atoms with Crippen molar-refractivity contribution in [2.24, 2.45) is 0 Å². The Bertz CT molecular complexity index is 957. The number of likely N-dealkylation sites (N-methyl/N-ethyl adjacent to an activating group) is 1. The molecule has 6 nitrogen and oxygen atoms in total. The number of non-ortho nitro benzene ring substituents is 1. The standard InChI is InChI=1S/C19H19N3O3Se/c1-12-9-16-18(11-15(12)20(2)3)26-19(21(16)4)8-7-13-10-14(22(23)24)5-6-17(13)25-19/h5-11H,1-4H3. The number of ether oxygens (including phenoxy) is 1. The Morgan fingerprint density at radius 1 is 1.27 bits per heavy atom. The molecule has 134 valence electrons. The summed E-state index contributed by atoms with van der Waals surface area (Å²) < 4.78 is 7.14. The Morgan fingerprint density at radius 3 is 2.73 bits per heavy atom. The quantitative estimate of drug-likeness (QED) is 0.428. The summed E-state index contributed by atoms with van der Waals surface area (Å²) in [7, 11) is 6.15. The fourth-order valence-electron chi connectivity index (χ4n) is 3.38. The van der Waals surface area contributed by atoms with E-state index >= 15 is 0 Å². The van der Waals surface area contributed by atoms with E-state index in [2.05, 4.69) is 43.0 Å². The second-order valence-electron chi connectivity index (χ2n) is 6.71. The Balaban J connectivity index is 1.73. The van der Waals surface area contributed by atoms with E-state index in [0.29, 0.717) is 5.75 Å². The van der Waals surface area contributed by atoms with Crippen molar-refractivity contribution in [3.63, 3.8) is 0 Å². The van der Waals surface area contributed by atoms with Crippen LogP contribution in [0, 0.1) is 17.0 Å². The van der Waals surface area contributed by atoms with Crippen LogP contribution in [0.5, 0.6) is 5.75 Å². The van der Waals surface area contributed by atoms with E-state index in [0.717, 1.165) is 5.56 Å². The number of fused-ring (bicyclic) bond motifs is 2. The molecule has 2 aliphatic rings. The molecule has 0 saturated heterocycles. The number of benzene rings is 2. The molecule has 26 heavy (non-hydrogen) atoms. The zero-order valence-electron chi connectivity index (χ0n) is 15.0. The van der Waals surface area contributed by atoms with Crippen molar-refractivity contribution >= 4 is 42.6 Å². The minimum atomic E-state index is -0.532. The summed E-state index contributed by atoms with van der Waals surface area (Å²) in [4.78, 5) is 14.9. The van der Waals surface area contributed by atoms with Gasteiger partial charge in [0.25, 0.3) is 0 Å². The van der Waals surface area contributed by atoms with Gasteiger partial charge in [-0.05, 0) is 0 Å². The van der Waals surface area contributed by atoms with E-state index in [1.165, 1.54) is 27.5 Å². The van der Waals surface area contributed by atoms with E-state index in [4.69, 9.17) is 4.74 Å². The number of anilines is 2. The van der Waals surface area contributed by atoms with Crippen LogP contribution >= 0.6 is 0 Å². The third-order valence-electron chi connectivity index (χ3n) is 4.78. The molecule has 4 rings (SSSR count).